The number of aromatic hydroxyl groups is 1. The minimum Gasteiger partial charge on any atom is -0.508 e. The van der Waals surface area contributed by atoms with Crippen LogP contribution in [0.3, 0.4) is 0 Å². The van der Waals surface area contributed by atoms with E-state index in [9.17, 15) is 9.90 Å². The predicted octanol–water partition coefficient (Wildman–Crippen LogP) is 3.49. The minimum atomic E-state index is -0.331. The number of aryl methyl sites for hydroxylation is 1. The van der Waals surface area contributed by atoms with Crippen LogP contribution in [-0.2, 0) is 16.6 Å². The Morgan fingerprint density at radius 1 is 1.36 bits per heavy atom. The SMILES string of the molecule is CCN(CC)C(=O)C1(C)C(C)C12CCCc1ccc(O)cc12. The number of carbonyl (C=O) groups excluding carboxylic acids is 1. The standard InChI is InChI=1S/C19H27NO2/c1-5-20(6-2)17(22)18(4)13(3)19(18)11-7-8-14-9-10-15(21)12-16(14)19/h9-10,12-13,21H,5-8,11H2,1-4H3. The van der Waals surface area contributed by atoms with Gasteiger partial charge in [0.2, 0.25) is 5.91 Å². The lowest BCUT2D eigenvalue weighted by molar-refractivity contribution is -0.137. The second kappa shape index (κ2) is 5.00. The van der Waals surface area contributed by atoms with Crippen LogP contribution >= 0.6 is 0 Å². The maximum Gasteiger partial charge on any atom is 0.229 e. The third kappa shape index (κ3) is 1.71. The van der Waals surface area contributed by atoms with Crippen molar-refractivity contribution in [3.05, 3.63) is 29.3 Å². The van der Waals surface area contributed by atoms with Crippen molar-refractivity contribution >= 4 is 5.91 Å². The van der Waals surface area contributed by atoms with Gasteiger partial charge in [-0.05, 0) is 69.2 Å². The summed E-state index contributed by atoms with van der Waals surface area (Å²) in [6, 6.07) is 5.72. The van der Waals surface area contributed by atoms with Crippen LogP contribution in [0.2, 0.25) is 0 Å². The topological polar surface area (TPSA) is 40.5 Å². The smallest absolute Gasteiger partial charge is 0.229 e. The number of hydrogen-bond donors (Lipinski definition) is 1. The van der Waals surface area contributed by atoms with Gasteiger partial charge in [0.05, 0.1) is 5.41 Å². The molecule has 3 nitrogen and oxygen atoms in total. The lowest BCUT2D eigenvalue weighted by atomic mass is 9.74. The molecule has 1 spiro atoms. The maximum absolute atomic E-state index is 13.1. The van der Waals surface area contributed by atoms with Crippen LogP contribution in [-0.4, -0.2) is 29.0 Å². The molecule has 1 N–H and O–H groups in total. The van der Waals surface area contributed by atoms with Gasteiger partial charge in [-0.1, -0.05) is 13.0 Å². The zero-order valence-corrected chi connectivity index (χ0v) is 14.1. The second-order valence-corrected chi connectivity index (χ2v) is 7.07. The first-order chi connectivity index (χ1) is 10.4. The summed E-state index contributed by atoms with van der Waals surface area (Å²) in [6.07, 6.45) is 3.23. The Morgan fingerprint density at radius 2 is 2.05 bits per heavy atom. The molecule has 0 radical (unpaired) electrons. The van der Waals surface area contributed by atoms with Gasteiger partial charge in [0.25, 0.3) is 0 Å². The minimum absolute atomic E-state index is 0.0843. The second-order valence-electron chi connectivity index (χ2n) is 7.07. The number of phenolic OH excluding ortho intramolecular Hbond substituents is 1. The highest BCUT2D eigenvalue weighted by molar-refractivity contribution is 5.90. The Bertz CT molecular complexity index is 607. The average molecular weight is 301 g/mol. The molecule has 0 aromatic heterocycles. The number of hydrogen-bond acceptors (Lipinski definition) is 2. The van der Waals surface area contributed by atoms with Gasteiger partial charge in [0.1, 0.15) is 5.75 Å². The number of carbonyl (C=O) groups is 1. The van der Waals surface area contributed by atoms with Gasteiger partial charge in [-0.3, -0.25) is 4.79 Å². The summed E-state index contributed by atoms with van der Waals surface area (Å²) in [5.41, 5.74) is 2.11. The highest BCUT2D eigenvalue weighted by Gasteiger charge is 2.76. The molecule has 0 aliphatic heterocycles. The average Bonchev–Trinajstić information content (AvgIpc) is 2.99. The van der Waals surface area contributed by atoms with Gasteiger partial charge >= 0.3 is 0 Å². The molecule has 2 aliphatic carbocycles. The molecule has 1 saturated carbocycles. The molecule has 1 fully saturated rings. The van der Waals surface area contributed by atoms with Crippen molar-refractivity contribution < 1.29 is 9.90 Å². The van der Waals surface area contributed by atoms with E-state index in [1.54, 1.807) is 6.07 Å². The largest absolute Gasteiger partial charge is 0.508 e. The third-order valence-electron chi connectivity index (χ3n) is 6.53. The lowest BCUT2D eigenvalue weighted by Crippen LogP contribution is -2.40. The number of nitrogens with zero attached hydrogens (tertiary/aromatic N) is 1. The van der Waals surface area contributed by atoms with E-state index in [0.717, 1.165) is 32.4 Å². The van der Waals surface area contributed by atoms with Crippen molar-refractivity contribution in [1.82, 2.24) is 4.90 Å². The van der Waals surface area contributed by atoms with Gasteiger partial charge in [-0.15, -0.1) is 0 Å². The normalized spacial score (nSPS) is 32.6. The molecule has 0 heterocycles. The molecule has 22 heavy (non-hydrogen) atoms. The fourth-order valence-corrected chi connectivity index (χ4v) is 5.03. The number of phenols is 1. The van der Waals surface area contributed by atoms with Gasteiger partial charge in [0.15, 0.2) is 0 Å². The van der Waals surface area contributed by atoms with Crippen molar-refractivity contribution in [2.24, 2.45) is 11.3 Å². The first-order valence-electron chi connectivity index (χ1n) is 8.55. The monoisotopic (exact) mass is 301 g/mol. The Labute approximate surface area is 133 Å². The van der Waals surface area contributed by atoms with Crippen molar-refractivity contribution in [2.45, 2.75) is 52.4 Å². The van der Waals surface area contributed by atoms with E-state index in [1.807, 2.05) is 30.9 Å². The van der Waals surface area contributed by atoms with Crippen LogP contribution in [0, 0.1) is 11.3 Å². The fourth-order valence-electron chi connectivity index (χ4n) is 5.03. The first kappa shape index (κ1) is 15.4. The lowest BCUT2D eigenvalue weighted by Gasteiger charge is -2.32. The van der Waals surface area contributed by atoms with E-state index in [-0.39, 0.29) is 16.7 Å². The molecule has 1 aromatic rings. The number of amides is 1. The van der Waals surface area contributed by atoms with E-state index < -0.39 is 0 Å². The molecule has 0 saturated heterocycles. The van der Waals surface area contributed by atoms with E-state index in [1.165, 1.54) is 11.1 Å². The van der Waals surface area contributed by atoms with Crippen LogP contribution in [0.4, 0.5) is 0 Å². The van der Waals surface area contributed by atoms with E-state index in [4.69, 9.17) is 0 Å². The van der Waals surface area contributed by atoms with E-state index in [0.29, 0.717) is 11.7 Å². The molecular weight excluding hydrogens is 274 g/mol. The predicted molar refractivity (Wildman–Crippen MR) is 87.9 cm³/mol. The molecule has 3 heteroatoms. The Balaban J connectivity index is 2.07. The Morgan fingerprint density at radius 3 is 2.68 bits per heavy atom. The van der Waals surface area contributed by atoms with Gasteiger partial charge in [0, 0.05) is 18.5 Å². The van der Waals surface area contributed by atoms with Crippen molar-refractivity contribution in [3.63, 3.8) is 0 Å². The molecule has 0 bridgehead atoms. The van der Waals surface area contributed by atoms with Crippen molar-refractivity contribution in [3.8, 4) is 5.75 Å². The number of rotatable bonds is 3. The van der Waals surface area contributed by atoms with E-state index in [2.05, 4.69) is 13.8 Å². The Kier molecular flexibility index (Phi) is 3.50. The summed E-state index contributed by atoms with van der Waals surface area (Å²) in [6.45, 7) is 9.97. The molecule has 2 aliphatic rings. The molecule has 3 unspecified atom stereocenters. The van der Waals surface area contributed by atoms with Crippen molar-refractivity contribution in [2.75, 3.05) is 13.1 Å². The molecule has 120 valence electrons. The summed E-state index contributed by atoms with van der Waals surface area (Å²) in [7, 11) is 0. The summed E-state index contributed by atoms with van der Waals surface area (Å²) < 4.78 is 0. The first-order valence-corrected chi connectivity index (χ1v) is 8.55. The summed E-state index contributed by atoms with van der Waals surface area (Å²) in [5, 5.41) is 9.95. The highest BCUT2D eigenvalue weighted by Crippen LogP contribution is 2.74. The molecule has 1 aromatic carbocycles. The summed E-state index contributed by atoms with van der Waals surface area (Å²) >= 11 is 0. The molecular formula is C19H27NO2. The number of fused-ring (bicyclic) bond motifs is 2. The highest BCUT2D eigenvalue weighted by atomic mass is 16.3. The van der Waals surface area contributed by atoms with Gasteiger partial charge < -0.3 is 10.0 Å². The van der Waals surface area contributed by atoms with Crippen LogP contribution in [0.25, 0.3) is 0 Å². The van der Waals surface area contributed by atoms with Crippen LogP contribution in [0.5, 0.6) is 5.75 Å². The third-order valence-corrected chi connectivity index (χ3v) is 6.53. The fraction of sp³-hybridized carbons (Fsp3) is 0.632. The zero-order chi connectivity index (χ0) is 16.1. The quantitative estimate of drug-likeness (QED) is 0.928. The summed E-state index contributed by atoms with van der Waals surface area (Å²) in [5.74, 6) is 0.923. The maximum atomic E-state index is 13.1. The van der Waals surface area contributed by atoms with Crippen LogP contribution in [0.1, 0.15) is 51.7 Å². The molecule has 3 rings (SSSR count). The van der Waals surface area contributed by atoms with Gasteiger partial charge in [-0.25, -0.2) is 0 Å². The van der Waals surface area contributed by atoms with Crippen LogP contribution in [0.15, 0.2) is 18.2 Å². The van der Waals surface area contributed by atoms with Crippen LogP contribution < -0.4 is 0 Å². The number of benzene rings is 1. The van der Waals surface area contributed by atoms with Crippen molar-refractivity contribution in [1.29, 1.82) is 0 Å². The molecule has 1 amide bonds. The Hall–Kier alpha value is -1.51. The summed E-state index contributed by atoms with van der Waals surface area (Å²) in [4.78, 5) is 15.1. The molecule has 3 atom stereocenters. The zero-order valence-electron chi connectivity index (χ0n) is 14.1. The van der Waals surface area contributed by atoms with Gasteiger partial charge in [-0.2, -0.15) is 0 Å². The van der Waals surface area contributed by atoms with E-state index >= 15 is 0 Å².